The zero-order chi connectivity index (χ0) is 16.3. The van der Waals surface area contributed by atoms with Gasteiger partial charge in [-0.1, -0.05) is 20.8 Å². The van der Waals surface area contributed by atoms with Crippen LogP contribution in [0.3, 0.4) is 0 Å². The van der Waals surface area contributed by atoms with E-state index in [4.69, 9.17) is 0 Å². The first-order valence-corrected chi connectivity index (χ1v) is 8.55. The van der Waals surface area contributed by atoms with E-state index in [1.165, 1.54) is 0 Å². The van der Waals surface area contributed by atoms with Crippen molar-refractivity contribution >= 4 is 23.6 Å². The zero-order valence-corrected chi connectivity index (χ0v) is 14.4. The van der Waals surface area contributed by atoms with E-state index in [1.54, 1.807) is 27.5 Å². The van der Waals surface area contributed by atoms with Crippen molar-refractivity contribution in [2.24, 2.45) is 12.5 Å². The molecule has 1 N–H and O–H groups in total. The summed E-state index contributed by atoms with van der Waals surface area (Å²) in [7, 11) is 1.84. The van der Waals surface area contributed by atoms with Crippen molar-refractivity contribution in [3.05, 3.63) is 18.0 Å². The van der Waals surface area contributed by atoms with Crippen LogP contribution in [0.4, 0.5) is 0 Å². The second-order valence-electron chi connectivity index (χ2n) is 6.78. The normalized spacial score (nSPS) is 18.5. The summed E-state index contributed by atoms with van der Waals surface area (Å²) in [6.45, 7) is 6.53. The molecule has 1 aromatic heterocycles. The fourth-order valence-electron chi connectivity index (χ4n) is 2.33. The van der Waals surface area contributed by atoms with Gasteiger partial charge in [0.1, 0.15) is 6.04 Å². The molecule has 0 spiro atoms. The molecule has 0 unspecified atom stereocenters. The van der Waals surface area contributed by atoms with E-state index in [1.807, 2.05) is 33.9 Å². The van der Waals surface area contributed by atoms with Crippen molar-refractivity contribution in [3.8, 4) is 0 Å². The summed E-state index contributed by atoms with van der Waals surface area (Å²) in [6, 6.07) is 1.50. The van der Waals surface area contributed by atoms with Crippen LogP contribution < -0.4 is 5.32 Å². The summed E-state index contributed by atoms with van der Waals surface area (Å²) in [5, 5.41) is 6.98. The molecule has 122 valence electrons. The van der Waals surface area contributed by atoms with Crippen LogP contribution in [-0.2, 0) is 23.2 Å². The SMILES string of the molecule is Cn1nccc1CNC(=O)[C@H]1CSCN1C(=O)CC(C)(C)C. The van der Waals surface area contributed by atoms with Gasteiger partial charge in [0.2, 0.25) is 11.8 Å². The van der Waals surface area contributed by atoms with E-state index in [9.17, 15) is 9.59 Å². The molecule has 0 saturated carbocycles. The Balaban J connectivity index is 1.93. The molecule has 22 heavy (non-hydrogen) atoms. The second kappa shape index (κ2) is 6.73. The lowest BCUT2D eigenvalue weighted by Gasteiger charge is -2.26. The van der Waals surface area contributed by atoms with Crippen molar-refractivity contribution in [1.82, 2.24) is 20.0 Å². The van der Waals surface area contributed by atoms with Crippen molar-refractivity contribution < 1.29 is 9.59 Å². The summed E-state index contributed by atoms with van der Waals surface area (Å²) in [4.78, 5) is 26.5. The predicted octanol–water partition coefficient (Wildman–Crippen LogP) is 1.37. The number of aromatic nitrogens is 2. The highest BCUT2D eigenvalue weighted by atomic mass is 32.2. The second-order valence-corrected chi connectivity index (χ2v) is 7.78. The van der Waals surface area contributed by atoms with Gasteiger partial charge in [0, 0.05) is 25.4 Å². The molecule has 1 aliphatic rings. The number of rotatable bonds is 4. The Morgan fingerprint density at radius 2 is 2.18 bits per heavy atom. The lowest BCUT2D eigenvalue weighted by atomic mass is 9.91. The first-order valence-electron chi connectivity index (χ1n) is 7.40. The molecule has 6 nitrogen and oxygen atoms in total. The molecule has 1 atom stereocenters. The molecule has 0 bridgehead atoms. The number of hydrogen-bond donors (Lipinski definition) is 1. The molecule has 7 heteroatoms. The van der Waals surface area contributed by atoms with Crippen molar-refractivity contribution in [1.29, 1.82) is 0 Å². The summed E-state index contributed by atoms with van der Waals surface area (Å²) < 4.78 is 1.73. The number of thioether (sulfide) groups is 1. The predicted molar refractivity (Wildman–Crippen MR) is 87.1 cm³/mol. The molecular weight excluding hydrogens is 300 g/mol. The number of carbonyl (C=O) groups excluding carboxylic acids is 2. The van der Waals surface area contributed by atoms with Crippen molar-refractivity contribution in [2.75, 3.05) is 11.6 Å². The lowest BCUT2D eigenvalue weighted by Crippen LogP contribution is -2.47. The molecule has 0 radical (unpaired) electrons. The zero-order valence-electron chi connectivity index (χ0n) is 13.6. The van der Waals surface area contributed by atoms with Gasteiger partial charge < -0.3 is 10.2 Å². The Bertz CT molecular complexity index is 550. The standard InChI is InChI=1S/C15H24N4O2S/c1-15(2,3)7-13(20)19-10-22-9-12(19)14(21)16-8-11-5-6-17-18(11)4/h5-6,12H,7-10H2,1-4H3,(H,16,21)/t12-/m1/s1. The van der Waals surface area contributed by atoms with Crippen LogP contribution in [0.25, 0.3) is 0 Å². The van der Waals surface area contributed by atoms with Crippen LogP contribution in [0.5, 0.6) is 0 Å². The fourth-order valence-corrected chi connectivity index (χ4v) is 3.51. The highest BCUT2D eigenvalue weighted by Crippen LogP contribution is 2.26. The minimum atomic E-state index is -0.368. The number of amides is 2. The third kappa shape index (κ3) is 4.25. The Morgan fingerprint density at radius 1 is 1.45 bits per heavy atom. The van der Waals surface area contributed by atoms with Crippen LogP contribution in [0.15, 0.2) is 12.3 Å². The summed E-state index contributed by atoms with van der Waals surface area (Å²) >= 11 is 1.63. The molecule has 1 aromatic rings. The van der Waals surface area contributed by atoms with Crippen LogP contribution in [0.2, 0.25) is 0 Å². The van der Waals surface area contributed by atoms with Gasteiger partial charge in [-0.25, -0.2) is 0 Å². The van der Waals surface area contributed by atoms with Crippen LogP contribution in [0.1, 0.15) is 32.9 Å². The van der Waals surface area contributed by atoms with Gasteiger partial charge in [0.05, 0.1) is 18.1 Å². The van der Waals surface area contributed by atoms with Gasteiger partial charge >= 0.3 is 0 Å². The topological polar surface area (TPSA) is 67.2 Å². The van der Waals surface area contributed by atoms with Crippen LogP contribution >= 0.6 is 11.8 Å². The number of aryl methyl sites for hydroxylation is 1. The van der Waals surface area contributed by atoms with Gasteiger partial charge in [0.15, 0.2) is 0 Å². The molecule has 1 aliphatic heterocycles. The minimum Gasteiger partial charge on any atom is -0.349 e. The van der Waals surface area contributed by atoms with E-state index >= 15 is 0 Å². The number of nitrogens with one attached hydrogen (secondary N) is 1. The minimum absolute atomic E-state index is 0.0539. The maximum Gasteiger partial charge on any atom is 0.244 e. The molecular formula is C15H24N4O2S. The third-order valence-corrected chi connectivity index (χ3v) is 4.57. The van der Waals surface area contributed by atoms with Gasteiger partial charge in [-0.05, 0) is 11.5 Å². The van der Waals surface area contributed by atoms with E-state index in [2.05, 4.69) is 10.4 Å². The van der Waals surface area contributed by atoms with Gasteiger partial charge in [-0.2, -0.15) is 5.10 Å². The first-order chi connectivity index (χ1) is 10.3. The third-order valence-electron chi connectivity index (χ3n) is 3.55. The number of carbonyl (C=O) groups is 2. The Hall–Kier alpha value is -1.50. The maximum absolute atomic E-state index is 12.4. The van der Waals surface area contributed by atoms with Gasteiger partial charge in [0.25, 0.3) is 0 Å². The quantitative estimate of drug-likeness (QED) is 0.908. The van der Waals surface area contributed by atoms with Gasteiger partial charge in [-0.15, -0.1) is 11.8 Å². The van der Waals surface area contributed by atoms with Crippen LogP contribution in [-0.4, -0.2) is 44.2 Å². The highest BCUT2D eigenvalue weighted by Gasteiger charge is 2.35. The fraction of sp³-hybridized carbons (Fsp3) is 0.667. The largest absolute Gasteiger partial charge is 0.349 e. The van der Waals surface area contributed by atoms with Crippen molar-refractivity contribution in [3.63, 3.8) is 0 Å². The summed E-state index contributed by atoms with van der Waals surface area (Å²) in [5.41, 5.74) is 0.867. The average Bonchev–Trinajstić information content (AvgIpc) is 3.02. The van der Waals surface area contributed by atoms with E-state index < -0.39 is 0 Å². The van der Waals surface area contributed by atoms with E-state index in [-0.39, 0.29) is 23.3 Å². The highest BCUT2D eigenvalue weighted by molar-refractivity contribution is 7.99. The lowest BCUT2D eigenvalue weighted by molar-refractivity contribution is -0.139. The Kier molecular flexibility index (Phi) is 5.16. The van der Waals surface area contributed by atoms with Crippen molar-refractivity contribution in [2.45, 2.75) is 39.8 Å². The smallest absolute Gasteiger partial charge is 0.244 e. The molecule has 0 aliphatic carbocycles. The van der Waals surface area contributed by atoms with E-state index in [0.717, 1.165) is 5.69 Å². The molecule has 0 aromatic carbocycles. The maximum atomic E-state index is 12.4. The Labute approximate surface area is 135 Å². The monoisotopic (exact) mass is 324 g/mol. The molecule has 2 rings (SSSR count). The van der Waals surface area contributed by atoms with E-state index in [0.29, 0.717) is 24.6 Å². The summed E-state index contributed by atoms with van der Waals surface area (Å²) in [6.07, 6.45) is 2.16. The first kappa shape index (κ1) is 16.9. The van der Waals surface area contributed by atoms with Gasteiger partial charge in [-0.3, -0.25) is 14.3 Å². The Morgan fingerprint density at radius 3 is 2.77 bits per heavy atom. The molecule has 1 fully saturated rings. The number of nitrogens with zero attached hydrogens (tertiary/aromatic N) is 3. The number of hydrogen-bond acceptors (Lipinski definition) is 4. The molecule has 2 amide bonds. The summed E-state index contributed by atoms with van der Waals surface area (Å²) in [5.74, 6) is 1.22. The molecule has 2 heterocycles. The molecule has 1 saturated heterocycles. The average molecular weight is 324 g/mol. The van der Waals surface area contributed by atoms with Crippen LogP contribution in [0, 0.1) is 5.41 Å².